The van der Waals surface area contributed by atoms with Crippen molar-refractivity contribution in [2.24, 2.45) is 0 Å². The maximum absolute atomic E-state index is 11.7. The quantitative estimate of drug-likeness (QED) is 0.491. The monoisotopic (exact) mass is 249 g/mol. The molecule has 0 saturated heterocycles. The number of rotatable bonds is 7. The van der Waals surface area contributed by atoms with E-state index in [1.165, 1.54) is 11.1 Å². The number of carbonyl (C=O) groups is 1. The summed E-state index contributed by atoms with van der Waals surface area (Å²) in [7, 11) is 0. The van der Waals surface area contributed by atoms with Crippen molar-refractivity contribution < 1.29 is 4.79 Å². The van der Waals surface area contributed by atoms with Crippen LogP contribution in [-0.4, -0.2) is 23.9 Å². The van der Waals surface area contributed by atoms with Gasteiger partial charge in [0.15, 0.2) is 0 Å². The Morgan fingerprint density at radius 1 is 1.17 bits per heavy atom. The molecule has 0 N–H and O–H groups in total. The molecule has 18 heavy (non-hydrogen) atoms. The molecule has 0 rings (SSSR count). The fourth-order valence-electron chi connectivity index (χ4n) is 1.58. The predicted molar refractivity (Wildman–Crippen MR) is 79.5 cm³/mol. The van der Waals surface area contributed by atoms with Crippen LogP contribution in [0.4, 0.5) is 0 Å². The van der Waals surface area contributed by atoms with E-state index >= 15 is 0 Å². The minimum absolute atomic E-state index is 0.0911. The van der Waals surface area contributed by atoms with Gasteiger partial charge in [0.2, 0.25) is 5.91 Å². The van der Waals surface area contributed by atoms with Crippen molar-refractivity contribution in [2.75, 3.05) is 13.1 Å². The van der Waals surface area contributed by atoms with E-state index in [2.05, 4.69) is 32.9 Å². The number of hydrogen-bond acceptors (Lipinski definition) is 1. The average Bonchev–Trinajstić information content (AvgIpc) is 2.29. The zero-order valence-electron chi connectivity index (χ0n) is 12.5. The zero-order valence-corrected chi connectivity index (χ0v) is 12.5. The molecule has 0 aliphatic rings. The first-order valence-corrected chi connectivity index (χ1v) is 6.71. The summed E-state index contributed by atoms with van der Waals surface area (Å²) in [6, 6.07) is 0. The maximum Gasteiger partial charge on any atom is 0.246 e. The number of hydrogen-bond donors (Lipinski definition) is 0. The van der Waals surface area contributed by atoms with Crippen LogP contribution in [0.2, 0.25) is 0 Å². The van der Waals surface area contributed by atoms with E-state index in [0.717, 1.165) is 19.4 Å². The largest absolute Gasteiger partial charge is 0.336 e. The first-order valence-electron chi connectivity index (χ1n) is 6.71. The SMILES string of the molecule is C/C=C/C(=O)N(CC)C/C=C(\C)CCC=C(C)C. The van der Waals surface area contributed by atoms with Gasteiger partial charge in [0, 0.05) is 13.1 Å². The van der Waals surface area contributed by atoms with E-state index in [0.29, 0.717) is 6.54 Å². The molecule has 0 fully saturated rings. The van der Waals surface area contributed by atoms with Crippen LogP contribution in [0.1, 0.15) is 47.5 Å². The Labute approximate surface area is 112 Å². The highest BCUT2D eigenvalue weighted by Gasteiger charge is 2.05. The number of allylic oxidation sites excluding steroid dienone is 4. The van der Waals surface area contributed by atoms with Crippen LogP contribution >= 0.6 is 0 Å². The average molecular weight is 249 g/mol. The van der Waals surface area contributed by atoms with E-state index in [1.54, 1.807) is 12.2 Å². The van der Waals surface area contributed by atoms with E-state index in [-0.39, 0.29) is 5.91 Å². The number of nitrogens with zero attached hydrogens (tertiary/aromatic N) is 1. The Morgan fingerprint density at radius 3 is 2.33 bits per heavy atom. The van der Waals surface area contributed by atoms with E-state index in [9.17, 15) is 4.79 Å². The second kappa shape index (κ2) is 9.69. The van der Waals surface area contributed by atoms with Crippen molar-refractivity contribution in [3.63, 3.8) is 0 Å². The molecule has 0 bridgehead atoms. The fraction of sp³-hybridized carbons (Fsp3) is 0.562. The second-order valence-electron chi connectivity index (χ2n) is 4.75. The van der Waals surface area contributed by atoms with E-state index in [4.69, 9.17) is 0 Å². The molecule has 0 saturated carbocycles. The van der Waals surface area contributed by atoms with Gasteiger partial charge in [-0.25, -0.2) is 0 Å². The molecule has 0 spiro atoms. The second-order valence-corrected chi connectivity index (χ2v) is 4.75. The van der Waals surface area contributed by atoms with Crippen LogP contribution < -0.4 is 0 Å². The van der Waals surface area contributed by atoms with Gasteiger partial charge < -0.3 is 4.90 Å². The lowest BCUT2D eigenvalue weighted by atomic mass is 10.1. The minimum atomic E-state index is 0.0911. The van der Waals surface area contributed by atoms with Gasteiger partial charge in [0.25, 0.3) is 0 Å². The summed E-state index contributed by atoms with van der Waals surface area (Å²) < 4.78 is 0. The van der Waals surface area contributed by atoms with Crippen molar-refractivity contribution >= 4 is 5.91 Å². The van der Waals surface area contributed by atoms with Crippen molar-refractivity contribution in [3.8, 4) is 0 Å². The highest BCUT2D eigenvalue weighted by atomic mass is 16.2. The summed E-state index contributed by atoms with van der Waals surface area (Å²) in [6.45, 7) is 11.7. The molecule has 0 unspecified atom stereocenters. The van der Waals surface area contributed by atoms with Crippen LogP contribution in [0.15, 0.2) is 35.5 Å². The molecule has 2 heteroatoms. The topological polar surface area (TPSA) is 20.3 Å². The molecule has 0 aliphatic carbocycles. The standard InChI is InChI=1S/C16H27NO/c1-6-9-16(18)17(7-2)13-12-15(5)11-8-10-14(3)4/h6,9-10,12H,7-8,11,13H2,1-5H3/b9-6+,15-12+. The molecule has 0 aromatic carbocycles. The van der Waals surface area contributed by atoms with Gasteiger partial charge in [-0.2, -0.15) is 0 Å². The molecule has 1 amide bonds. The number of carbonyl (C=O) groups excluding carboxylic acids is 1. The third-order valence-corrected chi connectivity index (χ3v) is 2.75. The van der Waals surface area contributed by atoms with Crippen LogP contribution in [0.3, 0.4) is 0 Å². The number of likely N-dealkylation sites (N-methyl/N-ethyl adjacent to an activating group) is 1. The van der Waals surface area contributed by atoms with E-state index in [1.807, 2.05) is 18.7 Å². The summed E-state index contributed by atoms with van der Waals surface area (Å²) in [5, 5.41) is 0. The first-order chi connectivity index (χ1) is 8.51. The fourth-order valence-corrected chi connectivity index (χ4v) is 1.58. The normalized spacial score (nSPS) is 11.7. The molecule has 0 aliphatic heterocycles. The summed E-state index contributed by atoms with van der Waals surface area (Å²) >= 11 is 0. The van der Waals surface area contributed by atoms with Crippen molar-refractivity contribution in [1.29, 1.82) is 0 Å². The maximum atomic E-state index is 11.7. The van der Waals surface area contributed by atoms with Gasteiger partial charge in [0.05, 0.1) is 0 Å². The van der Waals surface area contributed by atoms with Crippen molar-refractivity contribution in [1.82, 2.24) is 4.90 Å². The molecule has 0 heterocycles. The van der Waals surface area contributed by atoms with Crippen LogP contribution in [0.25, 0.3) is 0 Å². The molecule has 0 aromatic rings. The lowest BCUT2D eigenvalue weighted by Crippen LogP contribution is -2.29. The Morgan fingerprint density at radius 2 is 1.83 bits per heavy atom. The number of amides is 1. The zero-order chi connectivity index (χ0) is 14.0. The van der Waals surface area contributed by atoms with Gasteiger partial charge >= 0.3 is 0 Å². The molecule has 102 valence electrons. The van der Waals surface area contributed by atoms with Crippen LogP contribution in [-0.2, 0) is 4.79 Å². The van der Waals surface area contributed by atoms with Crippen molar-refractivity contribution in [3.05, 3.63) is 35.5 Å². The summed E-state index contributed by atoms with van der Waals surface area (Å²) in [6.07, 6.45) is 9.97. The van der Waals surface area contributed by atoms with Crippen molar-refractivity contribution in [2.45, 2.75) is 47.5 Å². The Hall–Kier alpha value is -1.31. The van der Waals surface area contributed by atoms with Crippen LogP contribution in [0.5, 0.6) is 0 Å². The Bertz CT molecular complexity index is 333. The van der Waals surface area contributed by atoms with Crippen LogP contribution in [0, 0.1) is 0 Å². The first kappa shape index (κ1) is 16.7. The summed E-state index contributed by atoms with van der Waals surface area (Å²) in [4.78, 5) is 13.5. The third kappa shape index (κ3) is 7.88. The van der Waals surface area contributed by atoms with E-state index < -0.39 is 0 Å². The lowest BCUT2D eigenvalue weighted by Gasteiger charge is -2.17. The summed E-state index contributed by atoms with van der Waals surface area (Å²) in [5.74, 6) is 0.0911. The predicted octanol–water partition coefficient (Wildman–Crippen LogP) is 4.10. The third-order valence-electron chi connectivity index (χ3n) is 2.75. The van der Waals surface area contributed by atoms with Gasteiger partial charge in [-0.3, -0.25) is 4.79 Å². The van der Waals surface area contributed by atoms with Gasteiger partial charge in [-0.1, -0.05) is 29.4 Å². The Kier molecular flexibility index (Phi) is 8.99. The minimum Gasteiger partial charge on any atom is -0.336 e. The Balaban J connectivity index is 4.24. The smallest absolute Gasteiger partial charge is 0.246 e. The van der Waals surface area contributed by atoms with Gasteiger partial charge in [-0.15, -0.1) is 0 Å². The highest BCUT2D eigenvalue weighted by molar-refractivity contribution is 5.87. The molecule has 0 aromatic heterocycles. The molecule has 2 nitrogen and oxygen atoms in total. The molecule has 0 atom stereocenters. The lowest BCUT2D eigenvalue weighted by molar-refractivity contribution is -0.125. The highest BCUT2D eigenvalue weighted by Crippen LogP contribution is 2.07. The van der Waals surface area contributed by atoms with Gasteiger partial charge in [-0.05, 0) is 53.5 Å². The summed E-state index contributed by atoms with van der Waals surface area (Å²) in [5.41, 5.74) is 2.71. The molecular weight excluding hydrogens is 222 g/mol. The molecule has 0 radical (unpaired) electrons. The van der Waals surface area contributed by atoms with Gasteiger partial charge in [0.1, 0.15) is 0 Å². The molecular formula is C16H27NO.